The van der Waals surface area contributed by atoms with Gasteiger partial charge < -0.3 is 4.74 Å². The molecule has 2 aromatic heterocycles. The van der Waals surface area contributed by atoms with Crippen molar-refractivity contribution in [2.45, 2.75) is 20.0 Å². The first-order chi connectivity index (χ1) is 11.1. The highest BCUT2D eigenvalue weighted by molar-refractivity contribution is 7.03. The number of esters is 1. The lowest BCUT2D eigenvalue weighted by Gasteiger charge is -2.17. The summed E-state index contributed by atoms with van der Waals surface area (Å²) < 4.78 is 25.2. The Labute approximate surface area is 135 Å². The molecule has 118 valence electrons. The van der Waals surface area contributed by atoms with Gasteiger partial charge in [0.1, 0.15) is 24.6 Å². The first kappa shape index (κ1) is 15.3. The second-order valence-corrected chi connectivity index (χ2v) is 5.50. The molecule has 2 heterocycles. The van der Waals surface area contributed by atoms with Gasteiger partial charge in [-0.1, -0.05) is 6.07 Å². The van der Waals surface area contributed by atoms with Crippen LogP contribution in [0.25, 0.3) is 5.69 Å². The molecule has 0 bridgehead atoms. The van der Waals surface area contributed by atoms with Crippen molar-refractivity contribution in [1.82, 2.24) is 19.1 Å². The number of carbonyl (C=O) groups excluding carboxylic acids is 1. The summed E-state index contributed by atoms with van der Waals surface area (Å²) in [5.74, 6) is -1.00. The molecule has 0 amide bonds. The molecule has 3 aromatic rings. The first-order valence-corrected chi connectivity index (χ1v) is 7.67. The van der Waals surface area contributed by atoms with Gasteiger partial charge in [-0.3, -0.25) is 0 Å². The van der Waals surface area contributed by atoms with E-state index < -0.39 is 17.9 Å². The number of hydrogen-bond acceptors (Lipinski definition) is 6. The lowest BCUT2D eigenvalue weighted by atomic mass is 10.1. The van der Waals surface area contributed by atoms with Gasteiger partial charge >= 0.3 is 5.97 Å². The summed E-state index contributed by atoms with van der Waals surface area (Å²) in [6, 6.07) is 4.57. The zero-order valence-electron chi connectivity index (χ0n) is 12.4. The van der Waals surface area contributed by atoms with Crippen molar-refractivity contribution < 1.29 is 13.9 Å². The number of ether oxygens (including phenoxy) is 1. The molecule has 0 saturated carbocycles. The predicted molar refractivity (Wildman–Crippen MR) is 82.0 cm³/mol. The maximum absolute atomic E-state index is 14.3. The second kappa shape index (κ2) is 6.25. The van der Waals surface area contributed by atoms with E-state index in [0.717, 1.165) is 0 Å². The van der Waals surface area contributed by atoms with Gasteiger partial charge in [0, 0.05) is 5.38 Å². The van der Waals surface area contributed by atoms with Crippen LogP contribution in [0.4, 0.5) is 4.39 Å². The van der Waals surface area contributed by atoms with Gasteiger partial charge in [0.25, 0.3) is 0 Å². The molecule has 0 unspecified atom stereocenters. The van der Waals surface area contributed by atoms with Crippen LogP contribution < -0.4 is 0 Å². The molecule has 1 aromatic carbocycles. The standard InChI is InChI=1S/C15H13FN4O2S/c1-9-11(6-23-19-9)15(21)22-10(2)14-12(16)4-3-5-13(14)20-8-17-7-18-20/h3-8,10H,1-2H3/t10-/m1/s1. The van der Waals surface area contributed by atoms with Crippen molar-refractivity contribution in [2.75, 3.05) is 0 Å². The fourth-order valence-corrected chi connectivity index (χ4v) is 2.91. The van der Waals surface area contributed by atoms with Gasteiger partial charge in [0.05, 0.1) is 22.5 Å². The van der Waals surface area contributed by atoms with Gasteiger partial charge in [-0.15, -0.1) is 0 Å². The van der Waals surface area contributed by atoms with E-state index in [0.29, 0.717) is 16.9 Å². The van der Waals surface area contributed by atoms with Crippen molar-refractivity contribution in [3.8, 4) is 5.69 Å². The molecule has 8 heteroatoms. The molecule has 6 nitrogen and oxygen atoms in total. The van der Waals surface area contributed by atoms with E-state index >= 15 is 0 Å². The smallest absolute Gasteiger partial charge is 0.341 e. The summed E-state index contributed by atoms with van der Waals surface area (Å²) >= 11 is 1.17. The van der Waals surface area contributed by atoms with E-state index in [1.807, 2.05) is 0 Å². The predicted octanol–water partition coefficient (Wildman–Crippen LogP) is 3.09. The van der Waals surface area contributed by atoms with Crippen LogP contribution >= 0.6 is 11.5 Å². The zero-order valence-corrected chi connectivity index (χ0v) is 13.2. The largest absolute Gasteiger partial charge is 0.454 e. The molecule has 0 aliphatic rings. The lowest BCUT2D eigenvalue weighted by Crippen LogP contribution is -2.13. The highest BCUT2D eigenvalue weighted by Gasteiger charge is 2.22. The molecular weight excluding hydrogens is 319 g/mol. The van der Waals surface area contributed by atoms with Crippen LogP contribution in [-0.2, 0) is 4.74 Å². The summed E-state index contributed by atoms with van der Waals surface area (Å²) in [5.41, 5.74) is 1.70. The topological polar surface area (TPSA) is 69.9 Å². The average Bonchev–Trinajstić information content (AvgIpc) is 3.17. The average molecular weight is 332 g/mol. The Bertz CT molecular complexity index is 832. The molecular formula is C15H13FN4O2S. The third-order valence-electron chi connectivity index (χ3n) is 3.36. The maximum Gasteiger partial charge on any atom is 0.341 e. The fourth-order valence-electron chi connectivity index (χ4n) is 2.23. The third-order valence-corrected chi connectivity index (χ3v) is 4.08. The number of carbonyl (C=O) groups is 1. The van der Waals surface area contributed by atoms with E-state index in [4.69, 9.17) is 4.74 Å². The SMILES string of the molecule is Cc1nscc1C(=O)O[C@H](C)c1c(F)cccc1-n1cncn1. The number of aryl methyl sites for hydroxylation is 1. The summed E-state index contributed by atoms with van der Waals surface area (Å²) in [5, 5.41) is 5.62. The van der Waals surface area contributed by atoms with Crippen LogP contribution in [0.15, 0.2) is 36.2 Å². The summed E-state index contributed by atoms with van der Waals surface area (Å²) in [6.45, 7) is 3.34. The molecule has 0 saturated heterocycles. The Kier molecular flexibility index (Phi) is 4.16. The maximum atomic E-state index is 14.3. The monoisotopic (exact) mass is 332 g/mol. The number of nitrogens with zero attached hydrogens (tertiary/aromatic N) is 4. The molecule has 0 spiro atoms. The third kappa shape index (κ3) is 2.98. The molecule has 0 aliphatic carbocycles. The van der Waals surface area contributed by atoms with Gasteiger partial charge in [0.2, 0.25) is 0 Å². The molecule has 3 rings (SSSR count). The zero-order chi connectivity index (χ0) is 16.4. The molecule has 0 aliphatic heterocycles. The molecule has 0 radical (unpaired) electrons. The minimum absolute atomic E-state index is 0.243. The normalized spacial score (nSPS) is 12.1. The Morgan fingerprint density at radius 1 is 1.43 bits per heavy atom. The Morgan fingerprint density at radius 3 is 2.91 bits per heavy atom. The number of aromatic nitrogens is 4. The van der Waals surface area contributed by atoms with Crippen LogP contribution in [0.5, 0.6) is 0 Å². The Hall–Kier alpha value is -2.61. The van der Waals surface area contributed by atoms with Crippen LogP contribution in [0.2, 0.25) is 0 Å². The Morgan fingerprint density at radius 2 is 2.26 bits per heavy atom. The number of benzene rings is 1. The van der Waals surface area contributed by atoms with Crippen molar-refractivity contribution in [3.63, 3.8) is 0 Å². The first-order valence-electron chi connectivity index (χ1n) is 6.83. The van der Waals surface area contributed by atoms with Gasteiger partial charge in [0.15, 0.2) is 0 Å². The molecule has 23 heavy (non-hydrogen) atoms. The van der Waals surface area contributed by atoms with Crippen LogP contribution in [0.1, 0.15) is 34.6 Å². The minimum atomic E-state index is -0.790. The van der Waals surface area contributed by atoms with Crippen LogP contribution in [0.3, 0.4) is 0 Å². The highest BCUT2D eigenvalue weighted by atomic mass is 32.1. The van der Waals surface area contributed by atoms with Crippen LogP contribution in [0, 0.1) is 12.7 Å². The number of rotatable bonds is 4. The Balaban J connectivity index is 1.92. The van der Waals surface area contributed by atoms with Crippen molar-refractivity contribution in [2.24, 2.45) is 0 Å². The number of hydrogen-bond donors (Lipinski definition) is 0. The van der Waals surface area contributed by atoms with E-state index in [1.54, 1.807) is 31.4 Å². The summed E-state index contributed by atoms with van der Waals surface area (Å²) in [7, 11) is 0. The van der Waals surface area contributed by atoms with Crippen molar-refractivity contribution in [1.29, 1.82) is 0 Å². The molecule has 1 atom stereocenters. The summed E-state index contributed by atoms with van der Waals surface area (Å²) in [6.07, 6.45) is 2.02. The molecule has 0 fully saturated rings. The van der Waals surface area contributed by atoms with Gasteiger partial charge in [-0.05, 0) is 37.5 Å². The lowest BCUT2D eigenvalue weighted by molar-refractivity contribution is 0.0330. The van der Waals surface area contributed by atoms with E-state index in [2.05, 4.69) is 14.5 Å². The van der Waals surface area contributed by atoms with E-state index in [-0.39, 0.29) is 5.56 Å². The second-order valence-electron chi connectivity index (χ2n) is 4.87. The van der Waals surface area contributed by atoms with Crippen molar-refractivity contribution in [3.05, 3.63) is 58.9 Å². The van der Waals surface area contributed by atoms with E-state index in [1.165, 1.54) is 34.9 Å². The molecule has 0 N–H and O–H groups in total. The highest BCUT2D eigenvalue weighted by Crippen LogP contribution is 2.28. The van der Waals surface area contributed by atoms with Gasteiger partial charge in [-0.2, -0.15) is 9.47 Å². The minimum Gasteiger partial charge on any atom is -0.454 e. The van der Waals surface area contributed by atoms with E-state index in [9.17, 15) is 9.18 Å². The summed E-state index contributed by atoms with van der Waals surface area (Å²) in [4.78, 5) is 16.1. The van der Waals surface area contributed by atoms with Crippen molar-refractivity contribution >= 4 is 17.5 Å². The fraction of sp³-hybridized carbons (Fsp3) is 0.200. The number of halogens is 1. The van der Waals surface area contributed by atoms with Gasteiger partial charge in [-0.25, -0.2) is 18.9 Å². The quantitative estimate of drug-likeness (QED) is 0.687. The van der Waals surface area contributed by atoms with Crippen LogP contribution in [-0.4, -0.2) is 25.1 Å².